The van der Waals surface area contributed by atoms with Crippen molar-refractivity contribution in [1.29, 1.82) is 0 Å². The minimum absolute atomic E-state index is 0.0747. The fourth-order valence-corrected chi connectivity index (χ4v) is 1.49. The van der Waals surface area contributed by atoms with E-state index in [-0.39, 0.29) is 5.82 Å². The molecule has 0 saturated heterocycles. The first-order valence-corrected chi connectivity index (χ1v) is 5.17. The van der Waals surface area contributed by atoms with E-state index in [0.717, 1.165) is 5.56 Å². The molecule has 0 bridgehead atoms. The summed E-state index contributed by atoms with van der Waals surface area (Å²) in [6.07, 6.45) is 1.47. The lowest BCUT2D eigenvalue weighted by molar-refractivity contribution is -0.445. The number of nitro groups is 1. The molecule has 92 valence electrons. The third-order valence-electron chi connectivity index (χ3n) is 2.28. The van der Waals surface area contributed by atoms with E-state index in [4.69, 9.17) is 0 Å². The zero-order valence-corrected chi connectivity index (χ0v) is 9.31. The maximum Gasteiger partial charge on any atom is 0.350 e. The van der Waals surface area contributed by atoms with Crippen LogP contribution in [0.5, 0.6) is 0 Å². The number of nitrogens with one attached hydrogen (secondary N) is 1. The highest BCUT2D eigenvalue weighted by Gasteiger charge is 2.04. The van der Waals surface area contributed by atoms with Crippen LogP contribution >= 0.6 is 0 Å². The van der Waals surface area contributed by atoms with Crippen LogP contribution < -0.4 is 11.1 Å². The second-order valence-electron chi connectivity index (χ2n) is 3.58. The molecule has 1 N–H and O–H groups in total. The highest BCUT2D eigenvalue weighted by molar-refractivity contribution is 5.28. The van der Waals surface area contributed by atoms with Gasteiger partial charge in [0.1, 0.15) is 0 Å². The molecule has 1 aromatic carbocycles. The SMILES string of the molecule is O=c1nc(N[N+](=O)[O-])ccn1Cc1ccccc1. The molecule has 0 amide bonds. The Labute approximate surface area is 102 Å². The predicted molar refractivity (Wildman–Crippen MR) is 64.7 cm³/mol. The third-order valence-corrected chi connectivity index (χ3v) is 2.28. The molecule has 0 saturated carbocycles. The van der Waals surface area contributed by atoms with E-state index in [1.807, 2.05) is 35.8 Å². The average molecular weight is 246 g/mol. The normalized spacial score (nSPS) is 10.0. The smallest absolute Gasteiger partial charge is 0.295 e. The molecule has 7 heteroatoms. The lowest BCUT2D eigenvalue weighted by atomic mass is 10.2. The van der Waals surface area contributed by atoms with Crippen molar-refractivity contribution in [2.24, 2.45) is 0 Å². The highest BCUT2D eigenvalue weighted by Crippen LogP contribution is 2.02. The van der Waals surface area contributed by atoms with E-state index in [1.165, 1.54) is 16.8 Å². The van der Waals surface area contributed by atoms with Gasteiger partial charge in [-0.05, 0) is 5.56 Å². The molecule has 0 fully saturated rings. The van der Waals surface area contributed by atoms with Crippen LogP contribution in [0.25, 0.3) is 0 Å². The van der Waals surface area contributed by atoms with Crippen molar-refractivity contribution < 1.29 is 5.03 Å². The number of hydrazine groups is 1. The van der Waals surface area contributed by atoms with Crippen LogP contribution in [0.1, 0.15) is 5.56 Å². The molecule has 1 aromatic heterocycles. The van der Waals surface area contributed by atoms with Gasteiger partial charge >= 0.3 is 5.69 Å². The van der Waals surface area contributed by atoms with Crippen LogP contribution in [-0.2, 0) is 6.54 Å². The van der Waals surface area contributed by atoms with Crippen LogP contribution in [0.3, 0.4) is 0 Å². The van der Waals surface area contributed by atoms with Gasteiger partial charge in [-0.3, -0.25) is 4.57 Å². The van der Waals surface area contributed by atoms with Gasteiger partial charge in [-0.25, -0.2) is 14.9 Å². The molecule has 0 aliphatic heterocycles. The van der Waals surface area contributed by atoms with E-state index in [1.54, 1.807) is 0 Å². The molecule has 2 aromatic rings. The number of benzene rings is 1. The maximum absolute atomic E-state index is 11.6. The number of nitrogens with zero attached hydrogens (tertiary/aromatic N) is 3. The Bertz CT molecular complexity index is 609. The fourth-order valence-electron chi connectivity index (χ4n) is 1.49. The third kappa shape index (κ3) is 2.91. The fraction of sp³-hybridized carbons (Fsp3) is 0.0909. The Morgan fingerprint density at radius 2 is 2.00 bits per heavy atom. The van der Waals surface area contributed by atoms with Crippen molar-refractivity contribution in [3.63, 3.8) is 0 Å². The largest absolute Gasteiger partial charge is 0.350 e. The van der Waals surface area contributed by atoms with E-state index < -0.39 is 10.7 Å². The second kappa shape index (κ2) is 5.09. The quantitative estimate of drug-likeness (QED) is 0.639. The minimum atomic E-state index is -0.761. The molecule has 1 heterocycles. The number of hydrogen-bond acceptors (Lipinski definition) is 4. The first kappa shape index (κ1) is 11.8. The van der Waals surface area contributed by atoms with E-state index in [2.05, 4.69) is 4.98 Å². The van der Waals surface area contributed by atoms with Gasteiger partial charge in [0.2, 0.25) is 0 Å². The summed E-state index contributed by atoms with van der Waals surface area (Å²) in [4.78, 5) is 25.4. The summed E-state index contributed by atoms with van der Waals surface area (Å²) in [5.74, 6) is -0.0747. The molecule has 0 spiro atoms. The van der Waals surface area contributed by atoms with Gasteiger partial charge in [0.05, 0.1) is 6.54 Å². The molecule has 18 heavy (non-hydrogen) atoms. The lowest BCUT2D eigenvalue weighted by Gasteiger charge is -2.05. The second-order valence-corrected chi connectivity index (χ2v) is 3.58. The topological polar surface area (TPSA) is 90.1 Å². The van der Waals surface area contributed by atoms with Crippen LogP contribution in [0.15, 0.2) is 47.4 Å². The molecular formula is C11H10N4O3. The number of aromatic nitrogens is 2. The molecular weight excluding hydrogens is 236 g/mol. The Morgan fingerprint density at radius 1 is 1.28 bits per heavy atom. The van der Waals surface area contributed by atoms with E-state index in [9.17, 15) is 14.9 Å². The molecule has 0 aliphatic carbocycles. The monoisotopic (exact) mass is 246 g/mol. The summed E-state index contributed by atoms with van der Waals surface area (Å²) in [6, 6.07) is 10.8. The Morgan fingerprint density at radius 3 is 2.61 bits per heavy atom. The summed E-state index contributed by atoms with van der Waals surface area (Å²) >= 11 is 0. The first-order valence-electron chi connectivity index (χ1n) is 5.17. The van der Waals surface area contributed by atoms with E-state index in [0.29, 0.717) is 6.54 Å². The van der Waals surface area contributed by atoms with Gasteiger partial charge in [-0.1, -0.05) is 35.8 Å². The van der Waals surface area contributed by atoms with Gasteiger partial charge in [0, 0.05) is 12.3 Å². The summed E-state index contributed by atoms with van der Waals surface area (Å²) in [6.45, 7) is 0.380. The van der Waals surface area contributed by atoms with Crippen molar-refractivity contribution >= 4 is 5.82 Å². The molecule has 0 aliphatic rings. The van der Waals surface area contributed by atoms with Gasteiger partial charge < -0.3 is 0 Å². The van der Waals surface area contributed by atoms with Crippen LogP contribution in [0.4, 0.5) is 5.82 Å². The summed E-state index contributed by atoms with van der Waals surface area (Å²) in [5.41, 5.74) is 2.25. The van der Waals surface area contributed by atoms with Gasteiger partial charge in [0.25, 0.3) is 0 Å². The van der Waals surface area contributed by atoms with Crippen molar-refractivity contribution in [1.82, 2.24) is 9.55 Å². The van der Waals surface area contributed by atoms with Crippen molar-refractivity contribution in [3.05, 3.63) is 68.8 Å². The maximum atomic E-state index is 11.6. The van der Waals surface area contributed by atoms with Crippen molar-refractivity contribution in [2.45, 2.75) is 6.54 Å². The summed E-state index contributed by atoms with van der Waals surface area (Å²) in [5, 5.41) is 9.44. The first-order chi connectivity index (χ1) is 8.65. The minimum Gasteiger partial charge on any atom is -0.295 e. The Balaban J connectivity index is 2.20. The zero-order valence-electron chi connectivity index (χ0n) is 9.31. The molecule has 7 nitrogen and oxygen atoms in total. The van der Waals surface area contributed by atoms with Gasteiger partial charge in [0.15, 0.2) is 10.9 Å². The molecule has 0 atom stereocenters. The van der Waals surface area contributed by atoms with Crippen LogP contribution in [0.2, 0.25) is 0 Å². The Hall–Kier alpha value is -2.70. The predicted octanol–water partition coefficient (Wildman–Crippen LogP) is 0.895. The molecule has 0 unspecified atom stereocenters. The van der Waals surface area contributed by atoms with E-state index >= 15 is 0 Å². The lowest BCUT2D eigenvalue weighted by Crippen LogP contribution is -2.24. The van der Waals surface area contributed by atoms with Crippen molar-refractivity contribution in [2.75, 3.05) is 5.43 Å². The van der Waals surface area contributed by atoms with Crippen molar-refractivity contribution in [3.8, 4) is 0 Å². The highest BCUT2D eigenvalue weighted by atomic mass is 16.7. The molecule has 0 radical (unpaired) electrons. The average Bonchev–Trinajstić information content (AvgIpc) is 2.33. The standard InChI is InChI=1S/C11H10N4O3/c16-11-12-10(13-15(17)18)6-7-14(11)8-9-4-2-1-3-5-9/h1-7H,8H2,(H,12,13,16). The van der Waals surface area contributed by atoms with Crippen LogP contribution in [-0.4, -0.2) is 14.6 Å². The number of rotatable bonds is 4. The summed E-state index contributed by atoms with van der Waals surface area (Å²) < 4.78 is 1.38. The number of anilines is 1. The zero-order chi connectivity index (χ0) is 13.0. The van der Waals surface area contributed by atoms with Gasteiger partial charge in [-0.2, -0.15) is 4.98 Å². The van der Waals surface area contributed by atoms with Crippen LogP contribution in [0, 0.1) is 10.1 Å². The molecule has 2 rings (SSSR count). The number of hydrogen-bond donors (Lipinski definition) is 1. The van der Waals surface area contributed by atoms with Gasteiger partial charge in [-0.15, -0.1) is 0 Å². The summed E-state index contributed by atoms with van der Waals surface area (Å²) in [7, 11) is 0. The Kier molecular flexibility index (Phi) is 3.33.